The Kier molecular flexibility index (Phi) is 13.5. The number of benzene rings is 7. The molecule has 0 amide bonds. The molecule has 372 valence electrons. The van der Waals surface area contributed by atoms with Crippen LogP contribution in [-0.4, -0.2) is 14.1 Å². The number of fused-ring (bicyclic) bond motifs is 3. The Labute approximate surface area is 447 Å². The summed E-state index contributed by atoms with van der Waals surface area (Å²) in [5.41, 5.74) is 11.7. The summed E-state index contributed by atoms with van der Waals surface area (Å²) in [6.07, 6.45) is 5.94. The molecule has 0 N–H and O–H groups in total. The maximum atomic E-state index is 7.03. The van der Waals surface area contributed by atoms with Crippen LogP contribution in [0.15, 0.2) is 182 Å². The van der Waals surface area contributed by atoms with Crippen molar-refractivity contribution in [1.82, 2.24) is 14.1 Å². The number of ether oxygens (including phenoxy) is 1. The van der Waals surface area contributed by atoms with Crippen LogP contribution in [0.2, 0.25) is 0 Å². The number of hydrogen-bond acceptors (Lipinski definition) is 2. The van der Waals surface area contributed by atoms with Crippen LogP contribution in [0.4, 0.5) is 0 Å². The Bertz CT molecular complexity index is 3590. The van der Waals surface area contributed by atoms with E-state index in [0.717, 1.165) is 55.9 Å². The molecule has 0 spiro atoms. The summed E-state index contributed by atoms with van der Waals surface area (Å²) >= 11 is 0. The molecule has 10 rings (SSSR count). The van der Waals surface area contributed by atoms with Gasteiger partial charge >= 0.3 is 0 Å². The average molecular weight is 1140 g/mol. The van der Waals surface area contributed by atoms with Crippen molar-refractivity contribution in [1.29, 1.82) is 0 Å². The Morgan fingerprint density at radius 2 is 1.04 bits per heavy atom. The van der Waals surface area contributed by atoms with E-state index in [-0.39, 0.29) is 37.3 Å². The molecule has 5 nitrogen and oxygen atoms in total. The zero-order valence-corrected chi connectivity index (χ0v) is 46.6. The third-order valence-electron chi connectivity index (χ3n) is 14.9. The molecule has 0 fully saturated rings. The zero-order chi connectivity index (χ0) is 50.8. The van der Waals surface area contributed by atoms with Gasteiger partial charge in [-0.3, -0.25) is 4.57 Å². The van der Waals surface area contributed by atoms with Crippen molar-refractivity contribution >= 4 is 21.8 Å². The molecule has 0 atom stereocenters. The van der Waals surface area contributed by atoms with E-state index in [4.69, 9.17) is 9.72 Å². The summed E-state index contributed by atoms with van der Waals surface area (Å²) in [6.45, 7) is 27.5. The molecule has 0 aliphatic carbocycles. The molecule has 0 bridgehead atoms. The van der Waals surface area contributed by atoms with E-state index in [0.29, 0.717) is 11.5 Å². The van der Waals surface area contributed by atoms with Gasteiger partial charge < -0.3 is 13.9 Å². The number of rotatable bonds is 11. The van der Waals surface area contributed by atoms with E-state index in [1.165, 1.54) is 27.8 Å². The standard InChI is InChI=1S/C67H66N4O.Pt/c1-63(2,3)49-37-38-68-60(42-49)71-58-34-23-22-33-56(58)57-36-35-54(44-59(57)71)72-55-41-51(64(4,5)6)40-53(43-55)70-45-69(52-32-24-31-50(39-52)65(7,8)46-25-16-13-17-26-46)61(66(9,10)47-27-18-14-19-28-47)62(70)67(11,12)48-29-20-15-21-30-48;/h13-42H,1-12H3;/q-2;. The van der Waals surface area contributed by atoms with E-state index in [1.807, 2.05) is 12.3 Å². The van der Waals surface area contributed by atoms with Crippen molar-refractivity contribution in [3.05, 3.63) is 245 Å². The van der Waals surface area contributed by atoms with Crippen LogP contribution in [0.25, 0.3) is 39.0 Å². The second-order valence-electron chi connectivity index (χ2n) is 23.1. The molecular formula is C67H66N4OPt-2. The van der Waals surface area contributed by atoms with Crippen LogP contribution >= 0.6 is 0 Å². The van der Waals surface area contributed by atoms with Crippen LogP contribution in [-0.2, 0) is 48.1 Å². The molecule has 0 unspecified atom stereocenters. The SMILES string of the molecule is CC(C)(C)c1cc(Oc2[c-]c3c(cc2)c2ccccc2n3-c2cc(C(C)(C)C)ccn2)[c-]c(-n2[c-][n+](-c3cccc(C(C)(C)c4ccccc4)c3)c(C(C)(C)c3ccccc3)c2C(C)(C)c2ccccc2)c1.[Pt]. The first-order valence-electron chi connectivity index (χ1n) is 25.3. The molecule has 0 saturated carbocycles. The average Bonchev–Trinajstić information content (AvgIpc) is 3.95. The molecule has 73 heavy (non-hydrogen) atoms. The maximum Gasteiger partial charge on any atom is 0.267 e. The first-order valence-corrected chi connectivity index (χ1v) is 25.3. The van der Waals surface area contributed by atoms with Crippen molar-refractivity contribution in [2.75, 3.05) is 0 Å². The summed E-state index contributed by atoms with van der Waals surface area (Å²) in [7, 11) is 0. The third-order valence-corrected chi connectivity index (χ3v) is 14.9. The second kappa shape index (κ2) is 19.2. The van der Waals surface area contributed by atoms with Gasteiger partial charge in [-0.1, -0.05) is 210 Å². The molecule has 10 aromatic rings. The molecule has 0 aliphatic heterocycles. The van der Waals surface area contributed by atoms with Gasteiger partial charge in [-0.2, -0.15) is 17.7 Å². The van der Waals surface area contributed by atoms with Crippen molar-refractivity contribution in [3.8, 4) is 28.7 Å². The van der Waals surface area contributed by atoms with Gasteiger partial charge in [-0.25, -0.2) is 4.98 Å². The number of para-hydroxylation sites is 1. The molecular weight excluding hydrogens is 1070 g/mol. The van der Waals surface area contributed by atoms with Gasteiger partial charge in [0.2, 0.25) is 0 Å². The molecule has 0 radical (unpaired) electrons. The minimum atomic E-state index is -0.525. The van der Waals surface area contributed by atoms with E-state index >= 15 is 0 Å². The summed E-state index contributed by atoms with van der Waals surface area (Å²) in [5.74, 6) is 2.03. The van der Waals surface area contributed by atoms with Gasteiger partial charge in [0.15, 0.2) is 0 Å². The van der Waals surface area contributed by atoms with Gasteiger partial charge in [0, 0.05) is 60.5 Å². The first kappa shape index (κ1) is 51.1. The minimum absolute atomic E-state index is 0. The van der Waals surface area contributed by atoms with Crippen LogP contribution < -0.4 is 9.30 Å². The smallest absolute Gasteiger partial charge is 0.267 e. The van der Waals surface area contributed by atoms with Crippen LogP contribution in [0.5, 0.6) is 11.5 Å². The van der Waals surface area contributed by atoms with Crippen molar-refractivity contribution in [3.63, 3.8) is 0 Å². The van der Waals surface area contributed by atoms with Crippen molar-refractivity contribution in [2.24, 2.45) is 0 Å². The van der Waals surface area contributed by atoms with E-state index in [2.05, 4.69) is 285 Å². The molecule has 3 aromatic heterocycles. The quantitative estimate of drug-likeness (QED) is 0.0956. The predicted molar refractivity (Wildman–Crippen MR) is 296 cm³/mol. The van der Waals surface area contributed by atoms with Crippen LogP contribution in [0, 0.1) is 18.5 Å². The second-order valence-corrected chi connectivity index (χ2v) is 23.1. The Balaban J connectivity index is 0.00000656. The van der Waals surface area contributed by atoms with Gasteiger partial charge in [0.25, 0.3) is 6.33 Å². The van der Waals surface area contributed by atoms with E-state index in [1.54, 1.807) is 0 Å². The zero-order valence-electron chi connectivity index (χ0n) is 44.3. The monoisotopic (exact) mass is 1140 g/mol. The fraction of sp³-hybridized carbons (Fsp3) is 0.254. The molecule has 7 aromatic carbocycles. The van der Waals surface area contributed by atoms with Crippen molar-refractivity contribution < 1.29 is 30.4 Å². The molecule has 0 aliphatic rings. The van der Waals surface area contributed by atoms with Crippen LogP contribution in [0.1, 0.15) is 128 Å². The third kappa shape index (κ3) is 9.54. The van der Waals surface area contributed by atoms with Gasteiger partial charge in [-0.05, 0) is 80.1 Å². The number of imidazole rings is 1. The van der Waals surface area contributed by atoms with Gasteiger partial charge in [0.1, 0.15) is 5.82 Å². The fourth-order valence-corrected chi connectivity index (χ4v) is 10.4. The Morgan fingerprint density at radius 3 is 1.67 bits per heavy atom. The normalized spacial score (nSPS) is 12.5. The van der Waals surface area contributed by atoms with E-state index < -0.39 is 10.8 Å². The fourth-order valence-electron chi connectivity index (χ4n) is 10.4. The summed E-state index contributed by atoms with van der Waals surface area (Å²) in [6, 6.07) is 70.5. The predicted octanol–water partition coefficient (Wildman–Crippen LogP) is 16.0. The number of hydrogen-bond donors (Lipinski definition) is 0. The van der Waals surface area contributed by atoms with Crippen LogP contribution in [0.3, 0.4) is 0 Å². The maximum absolute atomic E-state index is 7.03. The van der Waals surface area contributed by atoms with Crippen molar-refractivity contribution in [2.45, 2.75) is 110 Å². The van der Waals surface area contributed by atoms with Gasteiger partial charge in [-0.15, -0.1) is 29.7 Å². The number of nitrogens with zero attached hydrogens (tertiary/aromatic N) is 4. The first-order chi connectivity index (χ1) is 34.2. The Morgan fingerprint density at radius 1 is 0.466 bits per heavy atom. The largest absolute Gasteiger partial charge is 0.510 e. The number of aromatic nitrogens is 4. The Hall–Kier alpha value is -6.81. The summed E-state index contributed by atoms with van der Waals surface area (Å²) in [4.78, 5) is 4.93. The summed E-state index contributed by atoms with van der Waals surface area (Å²) in [5, 5.41) is 2.22. The molecule has 3 heterocycles. The van der Waals surface area contributed by atoms with Gasteiger partial charge in [0.05, 0.1) is 17.1 Å². The topological polar surface area (TPSA) is 35.9 Å². The molecule has 0 saturated heterocycles. The summed E-state index contributed by atoms with van der Waals surface area (Å²) < 4.78 is 13.8. The van der Waals surface area contributed by atoms with E-state index in [9.17, 15) is 0 Å². The molecule has 6 heteroatoms. The number of pyridine rings is 1. The minimum Gasteiger partial charge on any atom is -0.510 e.